The quantitative estimate of drug-likeness (QED) is 0.533. The zero-order valence-electron chi connectivity index (χ0n) is 21.8. The van der Waals surface area contributed by atoms with Gasteiger partial charge in [0.25, 0.3) is 5.91 Å². The van der Waals surface area contributed by atoms with E-state index in [4.69, 9.17) is 4.74 Å². The summed E-state index contributed by atoms with van der Waals surface area (Å²) in [6, 6.07) is 11.0. The van der Waals surface area contributed by atoms with Gasteiger partial charge in [0.15, 0.2) is 0 Å². The zero-order valence-corrected chi connectivity index (χ0v) is 21.8. The first-order chi connectivity index (χ1) is 17.3. The van der Waals surface area contributed by atoms with Crippen molar-refractivity contribution in [2.45, 2.75) is 83.2 Å². The Kier molecular flexibility index (Phi) is 8.57. The smallest absolute Gasteiger partial charge is 0.251 e. The third-order valence-corrected chi connectivity index (χ3v) is 7.17. The lowest BCUT2D eigenvalue weighted by atomic mass is 9.87. The van der Waals surface area contributed by atoms with Crippen LogP contribution in [0, 0.1) is 0 Å². The van der Waals surface area contributed by atoms with E-state index >= 15 is 0 Å². The number of nitrogens with zero attached hydrogens (tertiary/aromatic N) is 2. The number of ether oxygens (including phenoxy) is 1. The topological polar surface area (TPSA) is 71.5 Å². The van der Waals surface area contributed by atoms with Crippen LogP contribution in [-0.2, 0) is 19.7 Å². The first-order valence-corrected chi connectivity index (χ1v) is 13.2. The van der Waals surface area contributed by atoms with Crippen LogP contribution in [0.4, 0.5) is 5.69 Å². The molecule has 2 aromatic rings. The fraction of sp³-hybridized carbons (Fsp3) is 0.500. The molecule has 2 aliphatic rings. The highest BCUT2D eigenvalue weighted by molar-refractivity contribution is 6.07. The normalized spacial score (nSPS) is 17.8. The first kappa shape index (κ1) is 26.1. The number of hydrogen-bond donors (Lipinski definition) is 1. The van der Waals surface area contributed by atoms with Crippen LogP contribution in [0.15, 0.2) is 60.4 Å². The molecule has 1 atom stereocenters. The molecular formula is C30H39N3O3. The van der Waals surface area contributed by atoms with Gasteiger partial charge in [-0.25, -0.2) is 0 Å². The Bertz CT molecular complexity index is 1040. The molecule has 192 valence electrons. The zero-order chi connectivity index (χ0) is 25.5. The van der Waals surface area contributed by atoms with Crippen molar-refractivity contribution in [1.29, 1.82) is 0 Å². The number of carbonyl (C=O) groups is 2. The van der Waals surface area contributed by atoms with Gasteiger partial charge in [-0.15, -0.1) is 0 Å². The highest BCUT2D eigenvalue weighted by atomic mass is 16.5. The van der Waals surface area contributed by atoms with Crippen molar-refractivity contribution in [2.75, 3.05) is 18.1 Å². The molecular weight excluding hydrogens is 450 g/mol. The van der Waals surface area contributed by atoms with E-state index in [1.165, 1.54) is 12.0 Å². The minimum Gasteiger partial charge on any atom is -0.381 e. The molecule has 1 unspecified atom stereocenters. The van der Waals surface area contributed by atoms with E-state index < -0.39 is 6.04 Å². The number of anilines is 1. The second-order valence-corrected chi connectivity index (χ2v) is 11.0. The second-order valence-electron chi connectivity index (χ2n) is 11.0. The second kappa shape index (κ2) is 11.8. The van der Waals surface area contributed by atoms with Crippen LogP contribution in [0.2, 0.25) is 0 Å². The Labute approximate surface area is 215 Å². The van der Waals surface area contributed by atoms with Gasteiger partial charge in [0.2, 0.25) is 5.91 Å². The molecule has 2 heterocycles. The molecule has 4 rings (SSSR count). The number of hydrogen-bond acceptors (Lipinski definition) is 4. The summed E-state index contributed by atoms with van der Waals surface area (Å²) in [7, 11) is 0. The van der Waals surface area contributed by atoms with Crippen LogP contribution >= 0.6 is 0 Å². The summed E-state index contributed by atoms with van der Waals surface area (Å²) >= 11 is 0. The largest absolute Gasteiger partial charge is 0.381 e. The molecule has 0 spiro atoms. The van der Waals surface area contributed by atoms with E-state index in [0.717, 1.165) is 44.1 Å². The summed E-state index contributed by atoms with van der Waals surface area (Å²) in [4.78, 5) is 33.7. The van der Waals surface area contributed by atoms with Crippen LogP contribution in [-0.4, -0.2) is 36.1 Å². The average molecular weight is 490 g/mol. The van der Waals surface area contributed by atoms with Gasteiger partial charge in [0.1, 0.15) is 6.04 Å². The summed E-state index contributed by atoms with van der Waals surface area (Å²) in [5, 5.41) is 3.26. The van der Waals surface area contributed by atoms with Crippen LogP contribution in [0.3, 0.4) is 0 Å². The fourth-order valence-corrected chi connectivity index (χ4v) is 5.03. The SMILES string of the molecule is CC(C)(C)c1ccc(N(C(=O)C=C2CCOCC2)C(C(=O)NC2CCCCC2)c2cccnc2)cc1. The molecule has 1 aromatic carbocycles. The maximum Gasteiger partial charge on any atom is 0.251 e. The van der Waals surface area contributed by atoms with Gasteiger partial charge in [-0.1, -0.05) is 63.8 Å². The van der Waals surface area contributed by atoms with E-state index in [1.54, 1.807) is 23.4 Å². The Morgan fingerprint density at radius 2 is 1.75 bits per heavy atom. The van der Waals surface area contributed by atoms with Gasteiger partial charge >= 0.3 is 0 Å². The molecule has 0 bridgehead atoms. The molecule has 1 N–H and O–H groups in total. The monoisotopic (exact) mass is 489 g/mol. The van der Waals surface area contributed by atoms with Gasteiger partial charge < -0.3 is 10.1 Å². The lowest BCUT2D eigenvalue weighted by molar-refractivity contribution is -0.126. The number of amides is 2. The predicted molar refractivity (Wildman–Crippen MR) is 143 cm³/mol. The van der Waals surface area contributed by atoms with Crippen molar-refractivity contribution in [1.82, 2.24) is 10.3 Å². The van der Waals surface area contributed by atoms with Crippen molar-refractivity contribution in [3.05, 3.63) is 71.6 Å². The number of nitrogens with one attached hydrogen (secondary N) is 1. The molecule has 6 nitrogen and oxygen atoms in total. The van der Waals surface area contributed by atoms with E-state index in [9.17, 15) is 9.59 Å². The van der Waals surface area contributed by atoms with E-state index in [0.29, 0.717) is 24.5 Å². The van der Waals surface area contributed by atoms with E-state index in [2.05, 4.69) is 43.2 Å². The highest BCUT2D eigenvalue weighted by Crippen LogP contribution is 2.32. The predicted octanol–water partition coefficient (Wildman–Crippen LogP) is 5.64. The van der Waals surface area contributed by atoms with Gasteiger partial charge in [0, 0.05) is 35.8 Å². The van der Waals surface area contributed by atoms with Crippen LogP contribution in [0.1, 0.15) is 82.9 Å². The Balaban J connectivity index is 1.74. The molecule has 36 heavy (non-hydrogen) atoms. The minimum absolute atomic E-state index is 0.0153. The van der Waals surface area contributed by atoms with Crippen LogP contribution < -0.4 is 10.2 Å². The number of carbonyl (C=O) groups excluding carboxylic acids is 2. The number of rotatable bonds is 6. The Morgan fingerprint density at radius 3 is 2.36 bits per heavy atom. The number of pyridine rings is 1. The first-order valence-electron chi connectivity index (χ1n) is 13.2. The summed E-state index contributed by atoms with van der Waals surface area (Å²) < 4.78 is 5.47. The summed E-state index contributed by atoms with van der Waals surface area (Å²) in [6.45, 7) is 7.73. The molecule has 2 amide bonds. The number of benzene rings is 1. The number of aromatic nitrogens is 1. The molecule has 1 saturated heterocycles. The third kappa shape index (κ3) is 6.61. The minimum atomic E-state index is -0.815. The van der Waals surface area contributed by atoms with Crippen LogP contribution in [0.5, 0.6) is 0 Å². The molecule has 6 heteroatoms. The van der Waals surface area contributed by atoms with Gasteiger partial charge in [-0.2, -0.15) is 0 Å². The van der Waals surface area contributed by atoms with Crippen molar-refractivity contribution in [3.8, 4) is 0 Å². The molecule has 2 fully saturated rings. The van der Waals surface area contributed by atoms with Crippen molar-refractivity contribution < 1.29 is 14.3 Å². The highest BCUT2D eigenvalue weighted by Gasteiger charge is 2.34. The summed E-state index contributed by atoms with van der Waals surface area (Å²) in [5.41, 5.74) is 3.61. The third-order valence-electron chi connectivity index (χ3n) is 7.17. The molecule has 0 radical (unpaired) electrons. The summed E-state index contributed by atoms with van der Waals surface area (Å²) in [5.74, 6) is -0.350. The molecule has 1 aliphatic carbocycles. The van der Waals surface area contributed by atoms with Gasteiger partial charge in [-0.3, -0.25) is 19.5 Å². The lowest BCUT2D eigenvalue weighted by Gasteiger charge is -2.33. The fourth-order valence-electron chi connectivity index (χ4n) is 5.03. The Hall–Kier alpha value is -2.99. The van der Waals surface area contributed by atoms with Crippen molar-refractivity contribution in [2.24, 2.45) is 0 Å². The maximum atomic E-state index is 13.9. The van der Waals surface area contributed by atoms with Crippen molar-refractivity contribution >= 4 is 17.5 Å². The molecule has 1 saturated carbocycles. The van der Waals surface area contributed by atoms with Gasteiger partial charge in [0.05, 0.1) is 13.2 Å². The van der Waals surface area contributed by atoms with Gasteiger partial charge in [-0.05, 0) is 54.9 Å². The van der Waals surface area contributed by atoms with E-state index in [1.807, 2.05) is 24.3 Å². The van der Waals surface area contributed by atoms with Crippen LogP contribution in [0.25, 0.3) is 0 Å². The van der Waals surface area contributed by atoms with E-state index in [-0.39, 0.29) is 23.3 Å². The average Bonchev–Trinajstić information content (AvgIpc) is 2.88. The maximum absolute atomic E-state index is 13.9. The standard InChI is InChI=1S/C30H39N3O3/c1-30(2,3)24-11-13-26(14-12-24)33(27(34)20-22-15-18-36-19-16-22)28(23-8-7-17-31-21-23)29(35)32-25-9-5-4-6-10-25/h7-8,11-14,17,20-21,25,28H,4-6,9-10,15-16,18-19H2,1-3H3,(H,32,35). The molecule has 1 aromatic heterocycles. The lowest BCUT2D eigenvalue weighted by Crippen LogP contribution is -2.47. The molecule has 1 aliphatic heterocycles. The Morgan fingerprint density at radius 1 is 1.06 bits per heavy atom. The van der Waals surface area contributed by atoms with Crippen molar-refractivity contribution in [3.63, 3.8) is 0 Å². The summed E-state index contributed by atoms with van der Waals surface area (Å²) in [6.07, 6.45) is 11.9.